The number of carbonyl (C=O) groups excluding carboxylic acids is 2. The lowest BCUT2D eigenvalue weighted by molar-refractivity contribution is -0.155. The molecular formula is C11H20O5. The van der Waals surface area contributed by atoms with Crippen molar-refractivity contribution in [3.63, 3.8) is 0 Å². The second-order valence-corrected chi connectivity index (χ2v) is 3.88. The molecule has 0 aliphatic rings. The lowest BCUT2D eigenvalue weighted by atomic mass is 10.4. The van der Waals surface area contributed by atoms with Gasteiger partial charge in [-0.2, -0.15) is 0 Å². The van der Waals surface area contributed by atoms with Gasteiger partial charge < -0.3 is 14.2 Å². The maximum Gasteiger partial charge on any atom is 0.332 e. The van der Waals surface area contributed by atoms with Crippen LogP contribution in [0.1, 0.15) is 34.1 Å². The van der Waals surface area contributed by atoms with E-state index in [1.54, 1.807) is 27.7 Å². The normalized spacial score (nSPS) is 10.6. The summed E-state index contributed by atoms with van der Waals surface area (Å²) in [7, 11) is 0. The van der Waals surface area contributed by atoms with Crippen LogP contribution in [0.2, 0.25) is 0 Å². The molecule has 0 rings (SSSR count). The first-order chi connectivity index (χ1) is 7.41. The van der Waals surface area contributed by atoms with Crippen LogP contribution in [0.15, 0.2) is 0 Å². The molecule has 0 saturated heterocycles. The van der Waals surface area contributed by atoms with E-state index in [-0.39, 0.29) is 37.8 Å². The predicted octanol–water partition coefficient (Wildman–Crippen LogP) is 1.30. The Kier molecular flexibility index (Phi) is 7.54. The number of hydrogen-bond donors (Lipinski definition) is 0. The molecule has 0 atom stereocenters. The Labute approximate surface area is 96.1 Å². The summed E-state index contributed by atoms with van der Waals surface area (Å²) in [5.74, 6) is -0.751. The maximum atomic E-state index is 11.1. The highest BCUT2D eigenvalue weighted by molar-refractivity contribution is 5.71. The van der Waals surface area contributed by atoms with Gasteiger partial charge in [-0.15, -0.1) is 0 Å². The van der Waals surface area contributed by atoms with E-state index in [2.05, 4.69) is 0 Å². The van der Waals surface area contributed by atoms with Crippen molar-refractivity contribution in [2.75, 3.05) is 13.2 Å². The summed E-state index contributed by atoms with van der Waals surface area (Å²) in [5, 5.41) is 0. The zero-order valence-electron chi connectivity index (χ0n) is 10.3. The summed E-state index contributed by atoms with van der Waals surface area (Å²) in [6.45, 7) is 7.11. The van der Waals surface area contributed by atoms with Crippen molar-refractivity contribution in [1.82, 2.24) is 0 Å². The Morgan fingerprint density at radius 2 is 1.44 bits per heavy atom. The minimum atomic E-state index is -0.424. The molecule has 0 aromatic heterocycles. The fourth-order valence-corrected chi connectivity index (χ4v) is 0.930. The largest absolute Gasteiger partial charge is 0.463 e. The molecule has 0 aromatic rings. The van der Waals surface area contributed by atoms with Gasteiger partial charge in [0.1, 0.15) is 6.61 Å². The van der Waals surface area contributed by atoms with Gasteiger partial charge in [-0.25, -0.2) is 4.79 Å². The highest BCUT2D eigenvalue weighted by Gasteiger charge is 2.08. The van der Waals surface area contributed by atoms with Crippen LogP contribution < -0.4 is 0 Å². The molecule has 0 N–H and O–H groups in total. The molecule has 5 heteroatoms. The highest BCUT2D eigenvalue weighted by atomic mass is 16.6. The average Bonchev–Trinajstić information content (AvgIpc) is 2.10. The molecule has 0 unspecified atom stereocenters. The number of ether oxygens (including phenoxy) is 3. The van der Waals surface area contributed by atoms with Crippen LogP contribution in [0.5, 0.6) is 0 Å². The molecule has 94 valence electrons. The van der Waals surface area contributed by atoms with Gasteiger partial charge in [0, 0.05) is 0 Å². The van der Waals surface area contributed by atoms with E-state index in [0.717, 1.165) is 0 Å². The molecular weight excluding hydrogens is 212 g/mol. The summed E-state index contributed by atoms with van der Waals surface area (Å²) in [6, 6.07) is 0. The van der Waals surface area contributed by atoms with Gasteiger partial charge in [-0.05, 0) is 27.7 Å². The molecule has 0 heterocycles. The monoisotopic (exact) mass is 232 g/mol. The van der Waals surface area contributed by atoms with E-state index in [1.165, 1.54) is 0 Å². The zero-order chi connectivity index (χ0) is 12.6. The van der Waals surface area contributed by atoms with Crippen LogP contribution in [0.4, 0.5) is 0 Å². The first kappa shape index (κ1) is 14.9. The van der Waals surface area contributed by atoms with E-state index in [9.17, 15) is 9.59 Å². The molecule has 0 spiro atoms. The van der Waals surface area contributed by atoms with Crippen molar-refractivity contribution in [2.24, 2.45) is 0 Å². The number of carbonyl (C=O) groups is 2. The van der Waals surface area contributed by atoms with Gasteiger partial charge in [0.25, 0.3) is 0 Å². The van der Waals surface area contributed by atoms with Crippen molar-refractivity contribution in [3.8, 4) is 0 Å². The minimum Gasteiger partial charge on any atom is -0.463 e. The first-order valence-corrected chi connectivity index (χ1v) is 5.38. The van der Waals surface area contributed by atoms with Crippen LogP contribution in [-0.2, 0) is 23.8 Å². The summed E-state index contributed by atoms with van der Waals surface area (Å²) in [5.41, 5.74) is 0. The van der Waals surface area contributed by atoms with Gasteiger partial charge in [0.2, 0.25) is 0 Å². The molecule has 0 fully saturated rings. The summed E-state index contributed by atoms with van der Waals surface area (Å²) in [4.78, 5) is 22.1. The molecule has 0 aliphatic carbocycles. The summed E-state index contributed by atoms with van der Waals surface area (Å²) >= 11 is 0. The Bertz CT molecular complexity index is 198. The third kappa shape index (κ3) is 9.45. The van der Waals surface area contributed by atoms with E-state index >= 15 is 0 Å². The van der Waals surface area contributed by atoms with Crippen molar-refractivity contribution >= 4 is 11.9 Å². The van der Waals surface area contributed by atoms with Gasteiger partial charge in [-0.1, -0.05) is 0 Å². The van der Waals surface area contributed by atoms with Crippen molar-refractivity contribution in [2.45, 2.75) is 46.3 Å². The fourth-order valence-electron chi connectivity index (χ4n) is 0.930. The molecule has 16 heavy (non-hydrogen) atoms. The van der Waals surface area contributed by atoms with Crippen molar-refractivity contribution < 1.29 is 23.8 Å². The van der Waals surface area contributed by atoms with E-state index in [4.69, 9.17) is 14.2 Å². The molecule has 0 aromatic carbocycles. The fraction of sp³-hybridized carbons (Fsp3) is 0.818. The minimum absolute atomic E-state index is 0.126. The van der Waals surface area contributed by atoms with Crippen LogP contribution in [0, 0.1) is 0 Å². The Hall–Kier alpha value is -1.10. The van der Waals surface area contributed by atoms with Crippen molar-refractivity contribution in [1.29, 1.82) is 0 Å². The van der Waals surface area contributed by atoms with Gasteiger partial charge in [0.15, 0.2) is 0 Å². The second-order valence-electron chi connectivity index (χ2n) is 3.88. The number of hydrogen-bond acceptors (Lipinski definition) is 5. The smallest absolute Gasteiger partial charge is 0.332 e. The molecule has 0 radical (unpaired) electrons. The van der Waals surface area contributed by atoms with Crippen LogP contribution in [-0.4, -0.2) is 37.4 Å². The van der Waals surface area contributed by atoms with E-state index in [0.29, 0.717) is 0 Å². The molecule has 0 bridgehead atoms. The molecule has 0 aliphatic heterocycles. The number of rotatable bonds is 7. The van der Waals surface area contributed by atoms with Crippen molar-refractivity contribution in [3.05, 3.63) is 0 Å². The lowest BCUT2D eigenvalue weighted by Crippen LogP contribution is -2.19. The molecule has 0 amide bonds. The van der Waals surface area contributed by atoms with Crippen LogP contribution in [0.3, 0.4) is 0 Å². The van der Waals surface area contributed by atoms with Crippen LogP contribution >= 0.6 is 0 Å². The van der Waals surface area contributed by atoms with Gasteiger partial charge in [0.05, 0.1) is 25.2 Å². The Morgan fingerprint density at radius 1 is 0.938 bits per heavy atom. The summed E-state index contributed by atoms with van der Waals surface area (Å²) < 4.78 is 14.7. The third-order valence-electron chi connectivity index (χ3n) is 1.40. The second kappa shape index (κ2) is 8.10. The standard InChI is InChI=1S/C11H20O5/c1-8(2)15-10(12)5-6-14-7-11(13)16-9(3)4/h8-9H,5-7H2,1-4H3. The predicted molar refractivity (Wildman–Crippen MR) is 57.9 cm³/mol. The van der Waals surface area contributed by atoms with E-state index < -0.39 is 5.97 Å². The Morgan fingerprint density at radius 3 is 1.94 bits per heavy atom. The SMILES string of the molecule is CC(C)OC(=O)CCOCC(=O)OC(C)C. The third-order valence-corrected chi connectivity index (χ3v) is 1.40. The van der Waals surface area contributed by atoms with E-state index in [1.807, 2.05) is 0 Å². The number of esters is 2. The lowest BCUT2D eigenvalue weighted by Gasteiger charge is -2.09. The van der Waals surface area contributed by atoms with Gasteiger partial charge in [-0.3, -0.25) is 4.79 Å². The first-order valence-electron chi connectivity index (χ1n) is 5.38. The quantitative estimate of drug-likeness (QED) is 0.489. The molecule has 5 nitrogen and oxygen atoms in total. The summed E-state index contributed by atoms with van der Waals surface area (Å²) in [6.07, 6.45) is -0.131. The topological polar surface area (TPSA) is 61.8 Å². The molecule has 0 saturated carbocycles. The van der Waals surface area contributed by atoms with Crippen LogP contribution in [0.25, 0.3) is 0 Å². The van der Waals surface area contributed by atoms with Gasteiger partial charge >= 0.3 is 11.9 Å². The average molecular weight is 232 g/mol. The maximum absolute atomic E-state index is 11.1. The Balaban J connectivity index is 3.46. The highest BCUT2D eigenvalue weighted by Crippen LogP contribution is 1.95. The zero-order valence-corrected chi connectivity index (χ0v) is 10.3.